The van der Waals surface area contributed by atoms with Crippen LogP contribution in [0.15, 0.2) is 24.4 Å². The minimum atomic E-state index is -0.828. The van der Waals surface area contributed by atoms with E-state index >= 15 is 0 Å². The van der Waals surface area contributed by atoms with Crippen LogP contribution in [0.4, 0.5) is 11.5 Å². The van der Waals surface area contributed by atoms with Crippen molar-refractivity contribution in [2.75, 3.05) is 17.3 Å². The van der Waals surface area contributed by atoms with Crippen molar-refractivity contribution in [2.24, 2.45) is 5.92 Å². The summed E-state index contributed by atoms with van der Waals surface area (Å²) in [5.74, 6) is 0.628. The van der Waals surface area contributed by atoms with E-state index in [1.54, 1.807) is 11.1 Å². The van der Waals surface area contributed by atoms with Gasteiger partial charge in [0, 0.05) is 36.4 Å². The predicted molar refractivity (Wildman–Crippen MR) is 119 cm³/mol. The number of aliphatic hydroxyl groups is 2. The van der Waals surface area contributed by atoms with Crippen LogP contribution in [0.5, 0.6) is 0 Å². The maximum Gasteiger partial charge on any atom is 0.228 e. The van der Waals surface area contributed by atoms with Gasteiger partial charge in [0.25, 0.3) is 0 Å². The van der Waals surface area contributed by atoms with E-state index in [1.807, 2.05) is 52.1 Å². The zero-order valence-electron chi connectivity index (χ0n) is 17.9. The summed E-state index contributed by atoms with van der Waals surface area (Å²) < 4.78 is 0. The molecule has 4 rings (SSSR count). The van der Waals surface area contributed by atoms with Gasteiger partial charge in [-0.05, 0) is 61.4 Å². The first kappa shape index (κ1) is 20.6. The van der Waals surface area contributed by atoms with Gasteiger partial charge in [0.05, 0.1) is 11.8 Å². The van der Waals surface area contributed by atoms with Gasteiger partial charge in [-0.2, -0.15) is 0 Å². The van der Waals surface area contributed by atoms with Crippen LogP contribution < -0.4 is 10.2 Å². The number of likely N-dealkylation sites (N-methyl/N-ethyl adjacent to an activating group) is 1. The molecule has 3 N–H and O–H groups in total. The zero-order chi connectivity index (χ0) is 21.6. The van der Waals surface area contributed by atoms with Gasteiger partial charge in [-0.1, -0.05) is 19.1 Å². The van der Waals surface area contributed by atoms with Gasteiger partial charge in [0.1, 0.15) is 5.82 Å². The molecule has 30 heavy (non-hydrogen) atoms. The first-order valence-electron chi connectivity index (χ1n) is 10.5. The van der Waals surface area contributed by atoms with Crippen LogP contribution in [-0.2, 0) is 4.79 Å². The smallest absolute Gasteiger partial charge is 0.228 e. The fourth-order valence-corrected chi connectivity index (χ4v) is 4.18. The molecule has 2 heterocycles. The molecule has 2 aliphatic rings. The minimum Gasteiger partial charge on any atom is -0.388 e. The van der Waals surface area contributed by atoms with Crippen molar-refractivity contribution in [1.82, 2.24) is 4.98 Å². The average Bonchev–Trinajstić information content (AvgIpc) is 3.56. The molecule has 2 aromatic rings. The van der Waals surface area contributed by atoms with Crippen molar-refractivity contribution in [2.45, 2.75) is 52.4 Å². The Bertz CT molecular complexity index is 1000. The number of rotatable bonds is 5. The van der Waals surface area contributed by atoms with E-state index in [9.17, 15) is 15.0 Å². The lowest BCUT2D eigenvalue weighted by atomic mass is 9.88. The Labute approximate surface area is 177 Å². The van der Waals surface area contributed by atoms with Gasteiger partial charge in [-0.25, -0.2) is 4.98 Å². The van der Waals surface area contributed by atoms with Crippen LogP contribution in [0.2, 0.25) is 0 Å². The van der Waals surface area contributed by atoms with E-state index < -0.39 is 12.3 Å². The van der Waals surface area contributed by atoms with Crippen LogP contribution in [0, 0.1) is 19.8 Å². The third-order valence-corrected chi connectivity index (χ3v) is 6.06. The van der Waals surface area contributed by atoms with Crippen molar-refractivity contribution < 1.29 is 15.0 Å². The Kier molecular flexibility index (Phi) is 5.38. The predicted octanol–water partition coefficient (Wildman–Crippen LogP) is 3.80. The highest BCUT2D eigenvalue weighted by Gasteiger charge is 2.31. The number of hydrogen-bond acceptors (Lipinski definition) is 5. The Hall–Kier alpha value is -2.70. The van der Waals surface area contributed by atoms with Crippen LogP contribution >= 0.6 is 0 Å². The Balaban J connectivity index is 1.71. The summed E-state index contributed by atoms with van der Waals surface area (Å²) in [4.78, 5) is 18.3. The van der Waals surface area contributed by atoms with Gasteiger partial charge in [-0.15, -0.1) is 0 Å². The number of carbonyl (C=O) groups is 1. The number of aromatic nitrogens is 1. The number of aryl methyl sites for hydroxylation is 2. The lowest BCUT2D eigenvalue weighted by molar-refractivity contribution is -0.117. The molecular formula is C24H29N3O3. The molecule has 6 nitrogen and oxygen atoms in total. The summed E-state index contributed by atoms with van der Waals surface area (Å²) in [6, 6.07) is 5.80. The fraction of sp³-hybridized carbons (Fsp3) is 0.417. The van der Waals surface area contributed by atoms with Crippen molar-refractivity contribution in [3.8, 4) is 0 Å². The average molecular weight is 408 g/mol. The standard InChI is InChI=1S/C24H29N3O3/c1-5-20(28)16-8-13(2)22(14(3)9-16)18-10-17-12-25-21(26-23(29)15-6-7-15)11-19(17)27(4)24(18)30/h8-12,15,20,24,28,30H,5-7H2,1-4H3,(H,25,26,29). The number of aliphatic hydroxyl groups excluding tert-OH is 2. The molecule has 1 aromatic heterocycles. The second-order valence-electron chi connectivity index (χ2n) is 8.43. The second-order valence-corrected chi connectivity index (χ2v) is 8.43. The van der Waals surface area contributed by atoms with Crippen LogP contribution in [0.3, 0.4) is 0 Å². The molecule has 0 spiro atoms. The summed E-state index contributed by atoms with van der Waals surface area (Å²) >= 11 is 0. The monoisotopic (exact) mass is 407 g/mol. The Morgan fingerprint density at radius 1 is 1.27 bits per heavy atom. The number of anilines is 2. The summed E-state index contributed by atoms with van der Waals surface area (Å²) in [6.07, 6.45) is 4.92. The number of fused-ring (bicyclic) bond motifs is 1. The second kappa shape index (κ2) is 7.85. The molecule has 1 aliphatic heterocycles. The van der Waals surface area contributed by atoms with Gasteiger partial charge in [-0.3, -0.25) is 4.79 Å². The number of benzene rings is 1. The number of nitrogens with zero attached hydrogens (tertiary/aromatic N) is 2. The maximum atomic E-state index is 12.1. The molecule has 1 amide bonds. The molecule has 158 valence electrons. The van der Waals surface area contributed by atoms with Gasteiger partial charge < -0.3 is 20.4 Å². The molecule has 0 bridgehead atoms. The summed E-state index contributed by atoms with van der Waals surface area (Å²) in [5.41, 5.74) is 6.42. The topological polar surface area (TPSA) is 85.7 Å². The quantitative estimate of drug-likeness (QED) is 0.702. The SMILES string of the molecule is CCC(O)c1cc(C)c(C2=Cc3cnc(NC(=O)C4CC4)cc3N(C)C2O)c(C)c1. The van der Waals surface area contributed by atoms with Crippen molar-refractivity contribution in [1.29, 1.82) is 0 Å². The third-order valence-electron chi connectivity index (χ3n) is 6.06. The van der Waals surface area contributed by atoms with E-state index in [2.05, 4.69) is 10.3 Å². The minimum absolute atomic E-state index is 0.0123. The fourth-order valence-electron chi connectivity index (χ4n) is 4.18. The third kappa shape index (κ3) is 3.73. The lowest BCUT2D eigenvalue weighted by Crippen LogP contribution is -2.35. The van der Waals surface area contributed by atoms with Crippen molar-refractivity contribution in [3.63, 3.8) is 0 Å². The molecule has 1 saturated carbocycles. The number of pyridine rings is 1. The zero-order valence-corrected chi connectivity index (χ0v) is 17.9. The number of amides is 1. The first-order chi connectivity index (χ1) is 14.3. The van der Waals surface area contributed by atoms with Gasteiger partial charge in [0.15, 0.2) is 6.23 Å². The number of nitrogens with one attached hydrogen (secondary N) is 1. The molecule has 1 aliphatic carbocycles. The molecule has 6 heteroatoms. The highest BCUT2D eigenvalue weighted by atomic mass is 16.3. The molecule has 1 fully saturated rings. The first-order valence-corrected chi connectivity index (χ1v) is 10.5. The van der Waals surface area contributed by atoms with Crippen molar-refractivity contribution in [3.05, 3.63) is 52.2 Å². The van der Waals surface area contributed by atoms with E-state index in [0.717, 1.165) is 51.9 Å². The maximum absolute atomic E-state index is 12.1. The number of hydrogen-bond donors (Lipinski definition) is 3. The Morgan fingerprint density at radius 3 is 2.53 bits per heavy atom. The van der Waals surface area contributed by atoms with E-state index in [-0.39, 0.29) is 11.8 Å². The van der Waals surface area contributed by atoms with Crippen LogP contribution in [-0.4, -0.2) is 34.4 Å². The van der Waals surface area contributed by atoms with Crippen LogP contribution in [0.25, 0.3) is 11.6 Å². The Morgan fingerprint density at radius 2 is 1.93 bits per heavy atom. The molecule has 1 aromatic carbocycles. The number of carbonyl (C=O) groups excluding carboxylic acids is 1. The highest BCUT2D eigenvalue weighted by Crippen LogP contribution is 2.39. The lowest BCUT2D eigenvalue weighted by Gasteiger charge is -2.34. The largest absolute Gasteiger partial charge is 0.388 e. The van der Waals surface area contributed by atoms with Crippen LogP contribution in [0.1, 0.15) is 60.1 Å². The highest BCUT2D eigenvalue weighted by molar-refractivity contribution is 5.96. The summed E-state index contributed by atoms with van der Waals surface area (Å²) in [6.45, 7) is 5.97. The van der Waals surface area contributed by atoms with E-state index in [1.165, 1.54) is 0 Å². The van der Waals surface area contributed by atoms with Crippen molar-refractivity contribution >= 4 is 29.1 Å². The molecular weight excluding hydrogens is 378 g/mol. The van der Waals surface area contributed by atoms with Gasteiger partial charge in [0.2, 0.25) is 5.91 Å². The molecule has 2 unspecified atom stereocenters. The summed E-state index contributed by atoms with van der Waals surface area (Å²) in [7, 11) is 1.84. The summed E-state index contributed by atoms with van der Waals surface area (Å²) in [5, 5.41) is 24.2. The normalized spacial score (nSPS) is 19.2. The molecule has 2 atom stereocenters. The van der Waals surface area contributed by atoms with E-state index in [4.69, 9.17) is 0 Å². The molecule has 0 radical (unpaired) electrons. The molecule has 0 saturated heterocycles. The van der Waals surface area contributed by atoms with E-state index in [0.29, 0.717) is 12.2 Å². The van der Waals surface area contributed by atoms with Gasteiger partial charge >= 0.3 is 0 Å².